The van der Waals surface area contributed by atoms with Gasteiger partial charge in [-0.1, -0.05) is 6.92 Å². The Hall–Kier alpha value is -1.44. The van der Waals surface area contributed by atoms with E-state index in [9.17, 15) is 12.8 Å². The standard InChI is InChI=1S/C14H17FN2O2S2/c1-3-11-4-5-12(20-11)8-17-21(18,19)14-7-10(16)6-13(15)9(14)2/h4-7,17H,3,8,16H2,1-2H3. The van der Waals surface area contributed by atoms with Gasteiger partial charge in [0, 0.05) is 27.5 Å². The highest BCUT2D eigenvalue weighted by atomic mass is 32.2. The summed E-state index contributed by atoms with van der Waals surface area (Å²) in [5.74, 6) is -0.625. The van der Waals surface area contributed by atoms with E-state index >= 15 is 0 Å². The first-order chi connectivity index (χ1) is 9.83. The minimum Gasteiger partial charge on any atom is -0.399 e. The predicted octanol–water partition coefficient (Wildman–Crippen LogP) is 2.82. The zero-order valence-electron chi connectivity index (χ0n) is 11.8. The second kappa shape index (κ2) is 6.13. The van der Waals surface area contributed by atoms with Crippen LogP contribution in [0.15, 0.2) is 29.2 Å². The SMILES string of the molecule is CCc1ccc(CNS(=O)(=O)c2cc(N)cc(F)c2C)s1. The fraction of sp³-hybridized carbons (Fsp3) is 0.286. The Labute approximate surface area is 127 Å². The summed E-state index contributed by atoms with van der Waals surface area (Å²) in [5, 5.41) is 0. The van der Waals surface area contributed by atoms with Gasteiger partial charge in [0.1, 0.15) is 5.82 Å². The number of rotatable bonds is 5. The third kappa shape index (κ3) is 3.61. The van der Waals surface area contributed by atoms with Gasteiger partial charge in [0.15, 0.2) is 0 Å². The second-order valence-corrected chi connectivity index (χ2v) is 7.66. The normalized spacial score (nSPS) is 11.8. The zero-order chi connectivity index (χ0) is 15.6. The number of nitrogens with one attached hydrogen (secondary N) is 1. The van der Waals surface area contributed by atoms with Crippen molar-refractivity contribution < 1.29 is 12.8 Å². The number of halogens is 1. The van der Waals surface area contributed by atoms with E-state index in [-0.39, 0.29) is 22.7 Å². The van der Waals surface area contributed by atoms with Crippen LogP contribution in [0, 0.1) is 12.7 Å². The summed E-state index contributed by atoms with van der Waals surface area (Å²) >= 11 is 1.55. The Morgan fingerprint density at radius 3 is 2.57 bits per heavy atom. The van der Waals surface area contributed by atoms with Gasteiger partial charge in [-0.2, -0.15) is 0 Å². The molecule has 0 aliphatic rings. The maximum absolute atomic E-state index is 13.6. The lowest BCUT2D eigenvalue weighted by Gasteiger charge is -2.10. The number of aryl methyl sites for hydroxylation is 1. The summed E-state index contributed by atoms with van der Waals surface area (Å²) in [6.45, 7) is 3.64. The Balaban J connectivity index is 2.22. The van der Waals surface area contributed by atoms with Crippen molar-refractivity contribution in [3.8, 4) is 0 Å². The summed E-state index contributed by atoms with van der Waals surface area (Å²) in [7, 11) is -3.79. The molecule has 2 rings (SSSR count). The van der Waals surface area contributed by atoms with E-state index in [0.717, 1.165) is 17.4 Å². The van der Waals surface area contributed by atoms with E-state index < -0.39 is 15.8 Å². The van der Waals surface area contributed by atoms with Gasteiger partial charge in [-0.05, 0) is 37.6 Å². The molecule has 0 aliphatic heterocycles. The first-order valence-corrected chi connectivity index (χ1v) is 8.76. The number of nitrogen functional groups attached to an aromatic ring is 1. The van der Waals surface area contributed by atoms with Gasteiger partial charge < -0.3 is 5.73 Å². The van der Waals surface area contributed by atoms with E-state index in [2.05, 4.69) is 4.72 Å². The van der Waals surface area contributed by atoms with Gasteiger partial charge in [-0.3, -0.25) is 0 Å². The van der Waals surface area contributed by atoms with Crippen LogP contribution in [0.4, 0.5) is 10.1 Å². The monoisotopic (exact) mass is 328 g/mol. The molecule has 1 aromatic carbocycles. The molecule has 0 fully saturated rings. The van der Waals surface area contributed by atoms with Crippen LogP contribution in [0.1, 0.15) is 22.2 Å². The van der Waals surface area contributed by atoms with Crippen molar-refractivity contribution in [3.63, 3.8) is 0 Å². The fourth-order valence-electron chi connectivity index (χ4n) is 1.90. The van der Waals surface area contributed by atoms with Crippen LogP contribution in [-0.2, 0) is 23.0 Å². The van der Waals surface area contributed by atoms with Gasteiger partial charge in [0.25, 0.3) is 0 Å². The smallest absolute Gasteiger partial charge is 0.241 e. The molecule has 3 N–H and O–H groups in total. The van der Waals surface area contributed by atoms with Crippen molar-refractivity contribution >= 4 is 27.0 Å². The molecule has 7 heteroatoms. The number of hydrogen-bond donors (Lipinski definition) is 2. The third-order valence-electron chi connectivity index (χ3n) is 3.11. The summed E-state index contributed by atoms with van der Waals surface area (Å²) < 4.78 is 40.7. The van der Waals surface area contributed by atoms with E-state index in [1.165, 1.54) is 17.9 Å². The van der Waals surface area contributed by atoms with E-state index in [1.807, 2.05) is 19.1 Å². The van der Waals surface area contributed by atoms with Crippen LogP contribution < -0.4 is 10.5 Å². The molecule has 0 saturated carbocycles. The van der Waals surface area contributed by atoms with Crippen molar-refractivity contribution in [3.05, 3.63) is 45.4 Å². The van der Waals surface area contributed by atoms with E-state index in [1.54, 1.807) is 11.3 Å². The first-order valence-electron chi connectivity index (χ1n) is 6.46. The Morgan fingerprint density at radius 1 is 1.29 bits per heavy atom. The topological polar surface area (TPSA) is 72.2 Å². The van der Waals surface area contributed by atoms with Gasteiger partial charge in [0.05, 0.1) is 4.90 Å². The number of benzene rings is 1. The highest BCUT2D eigenvalue weighted by molar-refractivity contribution is 7.89. The van der Waals surface area contributed by atoms with Crippen LogP contribution in [0.25, 0.3) is 0 Å². The molecule has 0 saturated heterocycles. The molecule has 21 heavy (non-hydrogen) atoms. The predicted molar refractivity (Wildman–Crippen MR) is 83.3 cm³/mol. The van der Waals surface area contributed by atoms with Crippen molar-refractivity contribution in [2.75, 3.05) is 5.73 Å². The molecule has 0 unspecified atom stereocenters. The lowest BCUT2D eigenvalue weighted by atomic mass is 10.2. The molecular formula is C14H17FN2O2S2. The Bertz CT molecular complexity index is 754. The van der Waals surface area contributed by atoms with Gasteiger partial charge in [-0.15, -0.1) is 11.3 Å². The highest BCUT2D eigenvalue weighted by Gasteiger charge is 2.19. The fourth-order valence-corrected chi connectivity index (χ4v) is 4.19. The molecule has 1 aromatic heterocycles. The van der Waals surface area contributed by atoms with Crippen molar-refractivity contribution in [1.82, 2.24) is 4.72 Å². The summed E-state index contributed by atoms with van der Waals surface area (Å²) in [6, 6.07) is 6.24. The van der Waals surface area contributed by atoms with Crippen LogP contribution in [0.3, 0.4) is 0 Å². The zero-order valence-corrected chi connectivity index (χ0v) is 13.4. The maximum Gasteiger partial charge on any atom is 0.241 e. The van der Waals surface area contributed by atoms with Crippen molar-refractivity contribution in [2.24, 2.45) is 0 Å². The Kier molecular flexibility index (Phi) is 4.65. The number of thiophene rings is 1. The largest absolute Gasteiger partial charge is 0.399 e. The highest BCUT2D eigenvalue weighted by Crippen LogP contribution is 2.23. The molecule has 0 spiro atoms. The molecule has 0 amide bonds. The molecule has 0 atom stereocenters. The van der Waals surface area contributed by atoms with Crippen molar-refractivity contribution in [1.29, 1.82) is 0 Å². The molecular weight excluding hydrogens is 311 g/mol. The molecule has 1 heterocycles. The summed E-state index contributed by atoms with van der Waals surface area (Å²) in [4.78, 5) is 1.99. The third-order valence-corrected chi connectivity index (χ3v) is 5.87. The maximum atomic E-state index is 13.6. The van der Waals surface area contributed by atoms with E-state index in [0.29, 0.717) is 0 Å². The lowest BCUT2D eigenvalue weighted by Crippen LogP contribution is -2.24. The second-order valence-electron chi connectivity index (χ2n) is 4.67. The molecule has 0 radical (unpaired) electrons. The summed E-state index contributed by atoms with van der Waals surface area (Å²) in [5.41, 5.74) is 5.68. The molecule has 0 bridgehead atoms. The minimum absolute atomic E-state index is 0.0668. The van der Waals surface area contributed by atoms with Crippen molar-refractivity contribution in [2.45, 2.75) is 31.7 Å². The summed E-state index contributed by atoms with van der Waals surface area (Å²) in [6.07, 6.45) is 0.914. The van der Waals surface area contributed by atoms with Crippen LogP contribution >= 0.6 is 11.3 Å². The number of hydrogen-bond acceptors (Lipinski definition) is 4. The average molecular weight is 328 g/mol. The average Bonchev–Trinajstić information content (AvgIpc) is 2.88. The molecule has 114 valence electrons. The van der Waals surface area contributed by atoms with Crippen LogP contribution in [-0.4, -0.2) is 8.42 Å². The van der Waals surface area contributed by atoms with E-state index in [4.69, 9.17) is 5.73 Å². The minimum atomic E-state index is -3.79. The molecule has 0 aliphatic carbocycles. The first kappa shape index (κ1) is 15.9. The van der Waals surface area contributed by atoms with Crippen LogP contribution in [0.2, 0.25) is 0 Å². The van der Waals surface area contributed by atoms with Gasteiger partial charge >= 0.3 is 0 Å². The molecule has 2 aromatic rings. The number of nitrogens with two attached hydrogens (primary N) is 1. The molecule has 4 nitrogen and oxygen atoms in total. The van der Waals surface area contributed by atoms with Gasteiger partial charge in [0.2, 0.25) is 10.0 Å². The lowest BCUT2D eigenvalue weighted by molar-refractivity contribution is 0.575. The van der Waals surface area contributed by atoms with Crippen LogP contribution in [0.5, 0.6) is 0 Å². The number of anilines is 1. The quantitative estimate of drug-likeness (QED) is 0.829. The number of sulfonamides is 1. The van der Waals surface area contributed by atoms with Gasteiger partial charge in [-0.25, -0.2) is 17.5 Å². The Morgan fingerprint density at radius 2 is 1.95 bits per heavy atom.